The van der Waals surface area contributed by atoms with Crippen molar-refractivity contribution in [3.05, 3.63) is 90.6 Å². The van der Waals surface area contributed by atoms with E-state index in [1.807, 2.05) is 48.5 Å². The normalized spacial score (nSPS) is 10.6. The Morgan fingerprint density at radius 3 is 2.48 bits per heavy atom. The van der Waals surface area contributed by atoms with E-state index in [9.17, 15) is 4.39 Å². The number of halogens is 1. The molecule has 2 heterocycles. The molecule has 0 amide bonds. The van der Waals surface area contributed by atoms with E-state index in [0.29, 0.717) is 24.0 Å². The molecule has 27 heavy (non-hydrogen) atoms. The maximum absolute atomic E-state index is 14.0. The molecule has 0 aliphatic rings. The first-order valence-electron chi connectivity index (χ1n) is 8.50. The Morgan fingerprint density at radius 2 is 1.70 bits per heavy atom. The van der Waals surface area contributed by atoms with Crippen LogP contribution in [0.15, 0.2) is 83.5 Å². The molecule has 0 aliphatic heterocycles. The number of nitrogens with zero attached hydrogens (tertiary/aromatic N) is 2. The van der Waals surface area contributed by atoms with Crippen molar-refractivity contribution in [2.45, 2.75) is 6.54 Å². The molecule has 2 N–H and O–H groups in total. The number of hydrogen-bond acceptors (Lipinski definition) is 5. The van der Waals surface area contributed by atoms with Gasteiger partial charge in [0.25, 0.3) is 0 Å². The van der Waals surface area contributed by atoms with E-state index in [2.05, 4.69) is 20.6 Å². The van der Waals surface area contributed by atoms with Gasteiger partial charge in [-0.2, -0.15) is 4.98 Å². The Hall–Kier alpha value is -3.67. The van der Waals surface area contributed by atoms with Gasteiger partial charge in [0.1, 0.15) is 17.4 Å². The number of benzene rings is 2. The summed E-state index contributed by atoms with van der Waals surface area (Å²) in [6.07, 6.45) is 1.62. The minimum atomic E-state index is -0.365. The first-order chi connectivity index (χ1) is 13.3. The molecule has 6 heteroatoms. The monoisotopic (exact) mass is 360 g/mol. The highest BCUT2D eigenvalue weighted by Gasteiger charge is 2.09. The van der Waals surface area contributed by atoms with Crippen LogP contribution < -0.4 is 10.6 Å². The quantitative estimate of drug-likeness (QED) is 0.493. The van der Waals surface area contributed by atoms with Crippen LogP contribution in [0, 0.1) is 5.82 Å². The summed E-state index contributed by atoms with van der Waals surface area (Å²) in [5.41, 5.74) is 1.99. The van der Waals surface area contributed by atoms with Crippen LogP contribution in [0.3, 0.4) is 0 Å². The highest BCUT2D eigenvalue weighted by molar-refractivity contribution is 5.66. The molecular weight excluding hydrogens is 343 g/mol. The van der Waals surface area contributed by atoms with Crippen LogP contribution in [0.4, 0.5) is 21.8 Å². The van der Waals surface area contributed by atoms with Crippen molar-refractivity contribution in [3.8, 4) is 11.3 Å². The fraction of sp³-hybridized carbons (Fsp3) is 0.0476. The van der Waals surface area contributed by atoms with Crippen molar-refractivity contribution in [1.29, 1.82) is 0 Å². The molecule has 134 valence electrons. The second-order valence-electron chi connectivity index (χ2n) is 5.87. The zero-order valence-corrected chi connectivity index (χ0v) is 14.4. The van der Waals surface area contributed by atoms with Crippen LogP contribution in [0.5, 0.6) is 0 Å². The second kappa shape index (κ2) is 7.70. The number of hydrogen-bond donors (Lipinski definition) is 2. The van der Waals surface area contributed by atoms with E-state index >= 15 is 0 Å². The summed E-state index contributed by atoms with van der Waals surface area (Å²) < 4.78 is 19.3. The molecule has 0 saturated heterocycles. The van der Waals surface area contributed by atoms with Gasteiger partial charge in [0.05, 0.1) is 24.2 Å². The molecule has 0 fully saturated rings. The van der Waals surface area contributed by atoms with E-state index in [4.69, 9.17) is 4.42 Å². The molecule has 4 rings (SSSR count). The lowest BCUT2D eigenvalue weighted by molar-refractivity contribution is 0.518. The van der Waals surface area contributed by atoms with Gasteiger partial charge in [-0.25, -0.2) is 9.37 Å². The first kappa shape index (κ1) is 16.8. The topological polar surface area (TPSA) is 63.0 Å². The summed E-state index contributed by atoms with van der Waals surface area (Å²) in [4.78, 5) is 8.99. The molecule has 0 atom stereocenters. The van der Waals surface area contributed by atoms with E-state index < -0.39 is 0 Å². The van der Waals surface area contributed by atoms with Gasteiger partial charge in [-0.15, -0.1) is 0 Å². The van der Waals surface area contributed by atoms with Gasteiger partial charge in [0.2, 0.25) is 5.95 Å². The summed E-state index contributed by atoms with van der Waals surface area (Å²) in [7, 11) is 0. The molecule has 0 unspecified atom stereocenters. The van der Waals surface area contributed by atoms with Crippen LogP contribution >= 0.6 is 0 Å². The second-order valence-corrected chi connectivity index (χ2v) is 5.87. The zero-order valence-electron chi connectivity index (χ0n) is 14.4. The third kappa shape index (κ3) is 4.12. The summed E-state index contributed by atoms with van der Waals surface area (Å²) in [5.74, 6) is 1.34. The molecule has 4 aromatic rings. The highest BCUT2D eigenvalue weighted by Crippen LogP contribution is 2.24. The first-order valence-corrected chi connectivity index (χ1v) is 8.50. The third-order valence-electron chi connectivity index (χ3n) is 3.94. The largest absolute Gasteiger partial charge is 0.467 e. The van der Waals surface area contributed by atoms with Gasteiger partial charge in [-0.3, -0.25) is 0 Å². The lowest BCUT2D eigenvalue weighted by Crippen LogP contribution is -2.06. The van der Waals surface area contributed by atoms with E-state index in [1.54, 1.807) is 24.5 Å². The van der Waals surface area contributed by atoms with Crippen LogP contribution in [0.2, 0.25) is 0 Å². The fourth-order valence-electron chi connectivity index (χ4n) is 2.62. The summed E-state index contributed by atoms with van der Waals surface area (Å²) in [6, 6.07) is 21.7. The highest BCUT2D eigenvalue weighted by atomic mass is 19.1. The Kier molecular flexibility index (Phi) is 4.78. The van der Waals surface area contributed by atoms with Crippen molar-refractivity contribution in [1.82, 2.24) is 9.97 Å². The van der Waals surface area contributed by atoms with Crippen molar-refractivity contribution in [3.63, 3.8) is 0 Å². The van der Waals surface area contributed by atoms with Crippen LogP contribution in [0.1, 0.15) is 5.76 Å². The number of anilines is 3. The van der Waals surface area contributed by atoms with E-state index in [1.165, 1.54) is 6.07 Å². The Bertz CT molecular complexity index is 1020. The molecule has 0 saturated carbocycles. The average molecular weight is 360 g/mol. The average Bonchev–Trinajstić information content (AvgIpc) is 3.22. The van der Waals surface area contributed by atoms with Gasteiger partial charge in [0.15, 0.2) is 0 Å². The summed E-state index contributed by atoms with van der Waals surface area (Å²) in [5, 5.41) is 6.17. The van der Waals surface area contributed by atoms with Crippen LogP contribution in [0.25, 0.3) is 11.3 Å². The predicted molar refractivity (Wildman–Crippen MR) is 103 cm³/mol. The SMILES string of the molecule is Fc1ccccc1Nc1nc(NCc2ccco2)cc(-c2ccccc2)n1. The summed E-state index contributed by atoms with van der Waals surface area (Å²) in [6.45, 7) is 0.484. The standard InChI is InChI=1S/C21H17FN4O/c22-17-10-4-5-11-18(17)24-21-25-19(15-7-2-1-3-8-15)13-20(26-21)23-14-16-9-6-12-27-16/h1-13H,14H2,(H2,23,24,25,26). The van der Waals surface area contributed by atoms with Crippen molar-refractivity contribution in [2.24, 2.45) is 0 Å². The zero-order chi connectivity index (χ0) is 18.5. The Labute approximate surface area is 155 Å². The fourth-order valence-corrected chi connectivity index (χ4v) is 2.62. The molecule has 0 aliphatic carbocycles. The molecule has 2 aromatic heterocycles. The lowest BCUT2D eigenvalue weighted by atomic mass is 10.1. The van der Waals surface area contributed by atoms with Gasteiger partial charge in [-0.1, -0.05) is 42.5 Å². The third-order valence-corrected chi connectivity index (χ3v) is 3.94. The Morgan fingerprint density at radius 1 is 0.889 bits per heavy atom. The smallest absolute Gasteiger partial charge is 0.229 e. The number of furan rings is 1. The maximum Gasteiger partial charge on any atom is 0.229 e. The molecule has 0 bridgehead atoms. The maximum atomic E-state index is 14.0. The molecule has 2 aromatic carbocycles. The van der Waals surface area contributed by atoms with Crippen molar-refractivity contribution >= 4 is 17.5 Å². The summed E-state index contributed by atoms with van der Waals surface area (Å²) >= 11 is 0. The molecule has 0 radical (unpaired) electrons. The Balaban J connectivity index is 1.66. The van der Waals surface area contributed by atoms with Crippen LogP contribution in [-0.4, -0.2) is 9.97 Å². The number of aromatic nitrogens is 2. The van der Waals surface area contributed by atoms with Gasteiger partial charge < -0.3 is 15.1 Å². The van der Waals surface area contributed by atoms with Gasteiger partial charge in [-0.05, 0) is 24.3 Å². The van der Waals surface area contributed by atoms with Gasteiger partial charge in [0, 0.05) is 11.6 Å². The minimum absolute atomic E-state index is 0.309. The number of para-hydroxylation sites is 1. The molecule has 5 nitrogen and oxygen atoms in total. The van der Waals surface area contributed by atoms with Crippen molar-refractivity contribution < 1.29 is 8.81 Å². The minimum Gasteiger partial charge on any atom is -0.467 e. The van der Waals surface area contributed by atoms with Crippen LogP contribution in [-0.2, 0) is 6.54 Å². The number of rotatable bonds is 6. The lowest BCUT2D eigenvalue weighted by Gasteiger charge is -2.11. The molecular formula is C21H17FN4O. The number of nitrogens with one attached hydrogen (secondary N) is 2. The van der Waals surface area contributed by atoms with Crippen molar-refractivity contribution in [2.75, 3.05) is 10.6 Å². The molecule has 0 spiro atoms. The predicted octanol–water partition coefficient (Wildman–Crippen LogP) is 5.23. The van der Waals surface area contributed by atoms with E-state index in [-0.39, 0.29) is 5.82 Å². The van der Waals surface area contributed by atoms with Gasteiger partial charge >= 0.3 is 0 Å². The van der Waals surface area contributed by atoms with E-state index in [0.717, 1.165) is 17.0 Å².